The molecule has 0 aliphatic rings. The summed E-state index contributed by atoms with van der Waals surface area (Å²) in [7, 11) is 5.70. The molecule has 0 fully saturated rings. The van der Waals surface area contributed by atoms with Crippen LogP contribution in [0.5, 0.6) is 0 Å². The minimum atomic E-state index is -0.254. The van der Waals surface area contributed by atoms with E-state index in [0.717, 1.165) is 5.56 Å². The maximum absolute atomic E-state index is 12.5. The Labute approximate surface area is 132 Å². The summed E-state index contributed by atoms with van der Waals surface area (Å²) in [6, 6.07) is 10.7. The Kier molecular flexibility index (Phi) is 4.21. The highest BCUT2D eigenvalue weighted by Crippen LogP contribution is 2.21. The van der Waals surface area contributed by atoms with E-state index in [2.05, 4.69) is 10.3 Å². The fraction of sp³-hybridized carbons (Fsp3) is 0. The molecule has 0 saturated heterocycles. The van der Waals surface area contributed by atoms with E-state index < -0.39 is 0 Å². The van der Waals surface area contributed by atoms with Crippen molar-refractivity contribution in [1.82, 2.24) is 4.98 Å². The summed E-state index contributed by atoms with van der Waals surface area (Å²) in [6.07, 6.45) is 4.89. The van der Waals surface area contributed by atoms with E-state index in [4.69, 9.17) is 12.3 Å². The summed E-state index contributed by atoms with van der Waals surface area (Å²) in [6.45, 7) is 0. The molecule has 106 valence electrons. The molecule has 6 heteroatoms. The topological polar surface area (TPSA) is 55.1 Å². The van der Waals surface area contributed by atoms with E-state index in [0.29, 0.717) is 21.9 Å². The summed E-state index contributed by atoms with van der Waals surface area (Å²) in [5.41, 5.74) is 1.87. The summed E-state index contributed by atoms with van der Waals surface area (Å²) < 4.78 is 5.30. The first-order valence-electron chi connectivity index (χ1n) is 6.54. The third-order valence-electron chi connectivity index (χ3n) is 2.95. The van der Waals surface area contributed by atoms with E-state index in [9.17, 15) is 4.79 Å². The van der Waals surface area contributed by atoms with Crippen LogP contribution in [0, 0.1) is 0 Å². The summed E-state index contributed by atoms with van der Waals surface area (Å²) in [5.74, 6) is 0.345. The van der Waals surface area contributed by atoms with Gasteiger partial charge in [-0.1, -0.05) is 29.7 Å². The van der Waals surface area contributed by atoms with Crippen LogP contribution in [0.4, 0.5) is 5.13 Å². The highest BCUT2D eigenvalue weighted by atomic mass is 32.1. The van der Waals surface area contributed by atoms with Gasteiger partial charge in [0.25, 0.3) is 5.91 Å². The van der Waals surface area contributed by atoms with E-state index in [1.807, 2.05) is 0 Å². The smallest absolute Gasteiger partial charge is 0.258 e. The molecule has 0 saturated carbocycles. The second-order valence-corrected chi connectivity index (χ2v) is 5.38. The van der Waals surface area contributed by atoms with Crippen LogP contribution in [0.15, 0.2) is 58.7 Å². The molecule has 0 aliphatic heterocycles. The normalized spacial score (nSPS) is 11.4. The van der Waals surface area contributed by atoms with Gasteiger partial charge in [-0.3, -0.25) is 10.1 Å². The van der Waals surface area contributed by atoms with Gasteiger partial charge in [0, 0.05) is 11.6 Å². The molecular formula is C16H11BN2O2S. The molecule has 4 nitrogen and oxygen atoms in total. The van der Waals surface area contributed by atoms with Gasteiger partial charge in [0.2, 0.25) is 0 Å². The van der Waals surface area contributed by atoms with Gasteiger partial charge >= 0.3 is 0 Å². The molecule has 0 spiro atoms. The Bertz CT molecular complexity index is 778. The number of nitrogens with one attached hydrogen (secondary N) is 1. The van der Waals surface area contributed by atoms with Crippen LogP contribution in [0.1, 0.15) is 11.3 Å². The molecular weight excluding hydrogens is 295 g/mol. The van der Waals surface area contributed by atoms with Gasteiger partial charge < -0.3 is 4.42 Å². The van der Waals surface area contributed by atoms with E-state index in [1.165, 1.54) is 11.3 Å². The number of furan rings is 1. The minimum absolute atomic E-state index is 0.254. The van der Waals surface area contributed by atoms with Gasteiger partial charge in [-0.2, -0.15) is 0 Å². The van der Waals surface area contributed by atoms with Crippen molar-refractivity contribution >= 4 is 47.3 Å². The third kappa shape index (κ3) is 3.35. The molecule has 3 rings (SSSR count). The Morgan fingerprint density at radius 2 is 2.09 bits per heavy atom. The Hall–Kier alpha value is -2.60. The second kappa shape index (κ2) is 6.45. The monoisotopic (exact) mass is 306 g/mol. The Morgan fingerprint density at radius 1 is 1.27 bits per heavy atom. The molecule has 1 N–H and O–H groups in total. The fourth-order valence-corrected chi connectivity index (χ4v) is 2.43. The lowest BCUT2D eigenvalue weighted by atomic mass is 9.93. The number of hydrogen-bond donors (Lipinski definition) is 1. The Morgan fingerprint density at radius 3 is 2.73 bits per heavy atom. The molecule has 3 aromatic rings. The summed E-state index contributed by atoms with van der Waals surface area (Å²) >= 11 is 1.36. The number of carbonyl (C=O) groups excluding carboxylic acids is 1. The predicted octanol–water partition coefficient (Wildman–Crippen LogP) is 2.71. The highest BCUT2D eigenvalue weighted by Gasteiger charge is 2.14. The van der Waals surface area contributed by atoms with Crippen molar-refractivity contribution in [2.75, 3.05) is 5.32 Å². The SMILES string of the molecule is [B]c1ccc(/C(=C\c2ccco2)C(=O)Nc2nccs2)cc1. The average molecular weight is 306 g/mol. The number of hydrogen-bond acceptors (Lipinski definition) is 4. The zero-order valence-electron chi connectivity index (χ0n) is 11.5. The molecule has 0 atom stereocenters. The molecule has 0 aliphatic carbocycles. The van der Waals surface area contributed by atoms with Gasteiger partial charge in [0.05, 0.1) is 11.8 Å². The summed E-state index contributed by atoms with van der Waals surface area (Å²) in [5, 5.41) is 5.12. The molecule has 0 unspecified atom stereocenters. The molecule has 22 heavy (non-hydrogen) atoms. The van der Waals surface area contributed by atoms with Crippen molar-refractivity contribution in [2.24, 2.45) is 0 Å². The van der Waals surface area contributed by atoms with Crippen LogP contribution < -0.4 is 10.8 Å². The predicted molar refractivity (Wildman–Crippen MR) is 89.2 cm³/mol. The van der Waals surface area contributed by atoms with Gasteiger partial charge in [0.1, 0.15) is 13.6 Å². The highest BCUT2D eigenvalue weighted by molar-refractivity contribution is 7.13. The van der Waals surface area contributed by atoms with Crippen molar-refractivity contribution in [3.8, 4) is 0 Å². The quantitative estimate of drug-likeness (QED) is 0.595. The lowest BCUT2D eigenvalue weighted by Crippen LogP contribution is -2.14. The number of aromatic nitrogens is 1. The van der Waals surface area contributed by atoms with Crippen molar-refractivity contribution in [3.63, 3.8) is 0 Å². The van der Waals surface area contributed by atoms with Crippen LogP contribution in [0.2, 0.25) is 0 Å². The standard InChI is InChI=1S/C16H11BN2O2S/c17-12-5-3-11(4-6-12)14(10-13-2-1-8-21-13)15(20)19-16-18-7-9-22-16/h1-10H,(H,18,19,20)/b14-10+. The zero-order chi connectivity index (χ0) is 15.4. The average Bonchev–Trinajstić information content (AvgIpc) is 3.19. The van der Waals surface area contributed by atoms with Gasteiger partial charge in [-0.15, -0.1) is 11.3 Å². The van der Waals surface area contributed by atoms with Crippen molar-refractivity contribution in [1.29, 1.82) is 0 Å². The van der Waals surface area contributed by atoms with Crippen LogP contribution in [-0.4, -0.2) is 18.7 Å². The largest absolute Gasteiger partial charge is 0.465 e. The second-order valence-electron chi connectivity index (χ2n) is 4.49. The molecule has 2 heterocycles. The molecule has 2 aromatic heterocycles. The fourth-order valence-electron chi connectivity index (χ4n) is 1.91. The van der Waals surface area contributed by atoms with E-state index >= 15 is 0 Å². The third-order valence-corrected chi connectivity index (χ3v) is 3.64. The van der Waals surface area contributed by atoms with Gasteiger partial charge in [0.15, 0.2) is 5.13 Å². The Balaban J connectivity index is 1.95. The van der Waals surface area contributed by atoms with Gasteiger partial charge in [-0.05, 0) is 23.8 Å². The summed E-state index contributed by atoms with van der Waals surface area (Å²) in [4.78, 5) is 16.6. The number of carbonyl (C=O) groups is 1. The number of benzene rings is 1. The van der Waals surface area contributed by atoms with E-state index in [-0.39, 0.29) is 5.91 Å². The number of amides is 1. The van der Waals surface area contributed by atoms with Crippen LogP contribution in [-0.2, 0) is 4.79 Å². The minimum Gasteiger partial charge on any atom is -0.465 e. The number of thiazole rings is 1. The first kappa shape index (κ1) is 14.3. The maximum Gasteiger partial charge on any atom is 0.258 e. The first-order chi connectivity index (χ1) is 10.7. The van der Waals surface area contributed by atoms with Crippen molar-refractivity contribution in [2.45, 2.75) is 0 Å². The zero-order valence-corrected chi connectivity index (χ0v) is 12.3. The number of nitrogens with zero attached hydrogens (tertiary/aromatic N) is 1. The van der Waals surface area contributed by atoms with Crippen molar-refractivity contribution < 1.29 is 9.21 Å². The molecule has 1 amide bonds. The van der Waals surface area contributed by atoms with Crippen LogP contribution in [0.3, 0.4) is 0 Å². The number of anilines is 1. The number of rotatable bonds is 4. The molecule has 0 bridgehead atoms. The van der Waals surface area contributed by atoms with Crippen molar-refractivity contribution in [3.05, 3.63) is 65.6 Å². The molecule has 2 radical (unpaired) electrons. The first-order valence-corrected chi connectivity index (χ1v) is 7.42. The van der Waals surface area contributed by atoms with E-state index in [1.54, 1.807) is 60.3 Å². The molecule has 1 aromatic carbocycles. The lowest BCUT2D eigenvalue weighted by Gasteiger charge is -2.08. The van der Waals surface area contributed by atoms with Gasteiger partial charge in [-0.25, -0.2) is 4.98 Å². The maximum atomic E-state index is 12.5. The van der Waals surface area contributed by atoms with Crippen LogP contribution in [0.25, 0.3) is 11.6 Å². The van der Waals surface area contributed by atoms with Crippen LogP contribution >= 0.6 is 11.3 Å². The lowest BCUT2D eigenvalue weighted by molar-refractivity contribution is -0.111.